The number of rotatable bonds is 4. The van der Waals surface area contributed by atoms with Crippen LogP contribution < -0.4 is 0 Å². The Labute approximate surface area is 316 Å². The fourth-order valence-corrected chi connectivity index (χ4v) is 9.85. The lowest BCUT2D eigenvalue weighted by Gasteiger charge is -2.15. The summed E-state index contributed by atoms with van der Waals surface area (Å²) in [5.41, 5.74) is 10.6. The van der Waals surface area contributed by atoms with E-state index in [1.54, 1.807) is 0 Å². The van der Waals surface area contributed by atoms with Gasteiger partial charge in [-0.2, -0.15) is 0 Å². The summed E-state index contributed by atoms with van der Waals surface area (Å²) >= 11 is 0. The van der Waals surface area contributed by atoms with Crippen LogP contribution in [0.3, 0.4) is 0 Å². The molecule has 0 bridgehead atoms. The van der Waals surface area contributed by atoms with E-state index < -0.39 is 0 Å². The zero-order valence-corrected chi connectivity index (χ0v) is 31.9. The van der Waals surface area contributed by atoms with Gasteiger partial charge in [-0.05, 0) is 193 Å². The van der Waals surface area contributed by atoms with Crippen molar-refractivity contribution < 1.29 is 0 Å². The van der Waals surface area contributed by atoms with Gasteiger partial charge < -0.3 is 0 Å². The van der Waals surface area contributed by atoms with Crippen molar-refractivity contribution in [2.45, 2.75) is 53.4 Å². The van der Waals surface area contributed by atoms with Crippen LogP contribution in [-0.2, 0) is 0 Å². The van der Waals surface area contributed by atoms with Crippen LogP contribution in [0.4, 0.5) is 0 Å². The van der Waals surface area contributed by atoms with Gasteiger partial charge in [0.25, 0.3) is 0 Å². The molecule has 0 N–H and O–H groups in total. The van der Waals surface area contributed by atoms with E-state index in [9.17, 15) is 0 Å². The van der Waals surface area contributed by atoms with Gasteiger partial charge in [0, 0.05) is 0 Å². The largest absolute Gasteiger partial charge is 0.0620 e. The van der Waals surface area contributed by atoms with E-state index >= 15 is 0 Å². The first-order valence-corrected chi connectivity index (χ1v) is 19.6. The second-order valence-electron chi connectivity index (χ2n) is 16.5. The van der Waals surface area contributed by atoms with Gasteiger partial charge in [-0.1, -0.05) is 125 Å². The number of aryl methyl sites for hydroxylation is 2. The van der Waals surface area contributed by atoms with Crippen LogP contribution in [-0.4, -0.2) is 0 Å². The van der Waals surface area contributed by atoms with Crippen LogP contribution in [0.15, 0.2) is 133 Å². The molecule has 11 rings (SSSR count). The molecule has 0 aromatic heterocycles. The van der Waals surface area contributed by atoms with Crippen molar-refractivity contribution in [3.05, 3.63) is 156 Å². The van der Waals surface area contributed by atoms with E-state index in [4.69, 9.17) is 0 Å². The van der Waals surface area contributed by atoms with Gasteiger partial charge in [0.05, 0.1) is 0 Å². The lowest BCUT2D eigenvalue weighted by Crippen LogP contribution is -1.88. The molecule has 11 aromatic rings. The second kappa shape index (κ2) is 11.3. The van der Waals surface area contributed by atoms with E-state index in [-0.39, 0.29) is 0 Å². The predicted molar refractivity (Wildman–Crippen MR) is 237 cm³/mol. The molecule has 0 radical (unpaired) electrons. The normalized spacial score (nSPS) is 12.6. The Hall–Kier alpha value is -5.98. The van der Waals surface area contributed by atoms with Crippen molar-refractivity contribution >= 4 is 86.2 Å². The second-order valence-corrected chi connectivity index (χ2v) is 16.5. The average molecular weight is 691 g/mol. The first-order valence-electron chi connectivity index (χ1n) is 19.6. The van der Waals surface area contributed by atoms with E-state index in [2.05, 4.69) is 175 Å². The van der Waals surface area contributed by atoms with E-state index in [0.29, 0.717) is 11.8 Å². The average Bonchev–Trinajstić information content (AvgIpc) is 3.67. The minimum absolute atomic E-state index is 0.465. The third-order valence-electron chi connectivity index (χ3n) is 12.8. The number of benzene rings is 9. The summed E-state index contributed by atoms with van der Waals surface area (Å²) in [5, 5.41) is 21.6. The van der Waals surface area contributed by atoms with Gasteiger partial charge in [-0.25, -0.2) is 0 Å². The lowest BCUT2D eigenvalue weighted by atomic mass is 9.89. The van der Waals surface area contributed by atoms with Gasteiger partial charge in [-0.3, -0.25) is 0 Å². The van der Waals surface area contributed by atoms with Crippen LogP contribution in [0, 0.1) is 13.8 Å². The van der Waals surface area contributed by atoms with Gasteiger partial charge in [-0.15, -0.1) is 0 Å². The fraction of sp³-hybridized carbons (Fsp3) is 0.148. The van der Waals surface area contributed by atoms with Gasteiger partial charge >= 0.3 is 0 Å². The maximum atomic E-state index is 2.53. The quantitative estimate of drug-likeness (QED) is 0.161. The standard InChI is InChI=1S/C54H42/c1-29(2)33-15-17-39-43(21-33)49-25-35(37-13-9-7-11-31(37)5)23-47-41-19-20-42-46(45(41)27-51(39)53(47)49)28-52-40-18-16-34(30(3)4)22-44(40)50-26-36(24-48(42)54(50)52)38-14-10-8-12-32(38)6/h7-30H,1-6H3. The molecule has 54 heavy (non-hydrogen) atoms. The Bertz CT molecular complexity index is 3110. The smallest absolute Gasteiger partial charge is 0.00195 e. The molecule has 0 aliphatic heterocycles. The number of hydrogen-bond donors (Lipinski definition) is 0. The van der Waals surface area contributed by atoms with Crippen molar-refractivity contribution in [1.82, 2.24) is 0 Å². The molecule has 0 nitrogen and oxygen atoms in total. The summed E-state index contributed by atoms with van der Waals surface area (Å²) in [6.07, 6.45) is 0. The van der Waals surface area contributed by atoms with Crippen molar-refractivity contribution in [2.75, 3.05) is 0 Å². The van der Waals surface area contributed by atoms with Crippen molar-refractivity contribution in [2.24, 2.45) is 0 Å². The number of fused-ring (bicyclic) bond motifs is 11. The Balaban J connectivity index is 1.34. The van der Waals surface area contributed by atoms with Crippen molar-refractivity contribution in [3.8, 4) is 22.3 Å². The Kier molecular flexibility index (Phi) is 6.58. The molecule has 11 aromatic carbocycles. The summed E-state index contributed by atoms with van der Waals surface area (Å²) in [6.45, 7) is 13.7. The molecule has 0 saturated carbocycles. The molecule has 0 amide bonds. The van der Waals surface area contributed by atoms with Crippen molar-refractivity contribution in [3.63, 3.8) is 0 Å². The monoisotopic (exact) mass is 690 g/mol. The SMILES string of the molecule is Cc1ccccc1-c1cc2c3ccc4c(cc5c6ccc(C(C)C)cc6c6cc(-c7ccccc7C)cc4c65)c3cc3c4ccc(C(C)C)cc4c(c1)c23. The first kappa shape index (κ1) is 31.5. The van der Waals surface area contributed by atoms with Gasteiger partial charge in [0.15, 0.2) is 0 Å². The molecule has 0 unspecified atom stereocenters. The summed E-state index contributed by atoms with van der Waals surface area (Å²) in [4.78, 5) is 0. The minimum atomic E-state index is 0.465. The van der Waals surface area contributed by atoms with E-state index in [0.717, 1.165) is 0 Å². The highest BCUT2D eigenvalue weighted by molar-refractivity contribution is 6.40. The van der Waals surface area contributed by atoms with Gasteiger partial charge in [0.1, 0.15) is 0 Å². The zero-order chi connectivity index (χ0) is 36.6. The Morgan fingerprint density at radius 2 is 0.611 bits per heavy atom. The highest BCUT2D eigenvalue weighted by atomic mass is 14.2. The third kappa shape index (κ3) is 4.32. The Morgan fingerprint density at radius 1 is 0.296 bits per heavy atom. The van der Waals surface area contributed by atoms with Crippen LogP contribution in [0.25, 0.3) is 108 Å². The lowest BCUT2D eigenvalue weighted by molar-refractivity contribution is 0.869. The third-order valence-corrected chi connectivity index (χ3v) is 12.8. The van der Waals surface area contributed by atoms with Crippen LogP contribution in [0.1, 0.15) is 61.8 Å². The molecule has 0 aliphatic carbocycles. The topological polar surface area (TPSA) is 0 Å². The summed E-state index contributed by atoms with van der Waals surface area (Å²) in [7, 11) is 0. The van der Waals surface area contributed by atoms with E-state index in [1.165, 1.54) is 131 Å². The number of hydrogen-bond acceptors (Lipinski definition) is 0. The van der Waals surface area contributed by atoms with Gasteiger partial charge in [0.2, 0.25) is 0 Å². The molecular formula is C54H42. The van der Waals surface area contributed by atoms with Crippen molar-refractivity contribution in [1.29, 1.82) is 0 Å². The highest BCUT2D eigenvalue weighted by Crippen LogP contribution is 2.49. The molecule has 0 heterocycles. The Morgan fingerprint density at radius 3 is 0.981 bits per heavy atom. The zero-order valence-electron chi connectivity index (χ0n) is 31.9. The molecule has 258 valence electrons. The molecule has 0 saturated heterocycles. The molecule has 0 spiro atoms. The maximum Gasteiger partial charge on any atom is -0.00195 e. The van der Waals surface area contributed by atoms with Crippen LogP contribution in [0.2, 0.25) is 0 Å². The molecule has 0 aliphatic rings. The molecule has 0 fully saturated rings. The molecule has 0 atom stereocenters. The summed E-state index contributed by atoms with van der Waals surface area (Å²) in [6, 6.07) is 51.9. The maximum absolute atomic E-state index is 2.53. The van der Waals surface area contributed by atoms with Crippen LogP contribution >= 0.6 is 0 Å². The van der Waals surface area contributed by atoms with Crippen LogP contribution in [0.5, 0.6) is 0 Å². The minimum Gasteiger partial charge on any atom is -0.0620 e. The first-order chi connectivity index (χ1) is 26.2. The fourth-order valence-electron chi connectivity index (χ4n) is 9.85. The van der Waals surface area contributed by atoms with E-state index in [1.807, 2.05) is 0 Å². The molecular weight excluding hydrogens is 649 g/mol. The summed E-state index contributed by atoms with van der Waals surface area (Å²) < 4.78 is 0. The predicted octanol–water partition coefficient (Wildman–Crippen LogP) is 16.0. The molecule has 0 heteroatoms. The highest BCUT2D eigenvalue weighted by Gasteiger charge is 2.22. The summed E-state index contributed by atoms with van der Waals surface area (Å²) in [5.74, 6) is 0.930.